The number of carbonyl (C=O) groups excluding carboxylic acids is 3. The van der Waals surface area contributed by atoms with Crippen LogP contribution in [0.4, 0.5) is 5.13 Å². The number of carbonyl (C=O) groups is 3. The summed E-state index contributed by atoms with van der Waals surface area (Å²) in [6.07, 6.45) is 0.192. The van der Waals surface area contributed by atoms with Crippen molar-refractivity contribution in [2.45, 2.75) is 19.8 Å². The maximum absolute atomic E-state index is 11.8. The van der Waals surface area contributed by atoms with Gasteiger partial charge >= 0.3 is 5.97 Å². The van der Waals surface area contributed by atoms with E-state index in [9.17, 15) is 14.4 Å². The van der Waals surface area contributed by atoms with E-state index in [0.717, 1.165) is 11.3 Å². The zero-order chi connectivity index (χ0) is 17.9. The maximum Gasteiger partial charge on any atom is 0.307 e. The maximum atomic E-state index is 11.8. The van der Waals surface area contributed by atoms with Gasteiger partial charge in [-0.15, -0.1) is 11.3 Å². The fraction of sp³-hybridized carbons (Fsp3) is 0.462. The van der Waals surface area contributed by atoms with Crippen LogP contribution in [0.5, 0.6) is 0 Å². The summed E-state index contributed by atoms with van der Waals surface area (Å²) in [5.74, 6) is -1.22. The molecule has 1 heterocycles. The SMILES string of the molecule is CCOC(=O)CCNC(=O)CCNC(=O)c1csc(N=C(N)N)n1. The summed E-state index contributed by atoms with van der Waals surface area (Å²) in [6, 6.07) is 0. The molecule has 0 aliphatic rings. The summed E-state index contributed by atoms with van der Waals surface area (Å²) in [5.41, 5.74) is 10.6. The van der Waals surface area contributed by atoms with Gasteiger partial charge < -0.3 is 26.8 Å². The molecule has 0 spiro atoms. The lowest BCUT2D eigenvalue weighted by Crippen LogP contribution is -2.32. The molecule has 0 aromatic carbocycles. The van der Waals surface area contributed by atoms with Gasteiger partial charge in [-0.05, 0) is 6.92 Å². The first-order chi connectivity index (χ1) is 11.4. The number of rotatable bonds is 9. The third kappa shape index (κ3) is 7.54. The van der Waals surface area contributed by atoms with Crippen LogP contribution in [0.1, 0.15) is 30.3 Å². The Morgan fingerprint density at radius 1 is 1.25 bits per heavy atom. The van der Waals surface area contributed by atoms with E-state index in [1.54, 1.807) is 6.92 Å². The van der Waals surface area contributed by atoms with Crippen LogP contribution in [0.15, 0.2) is 10.4 Å². The van der Waals surface area contributed by atoms with Gasteiger partial charge in [0.15, 0.2) is 5.96 Å². The lowest BCUT2D eigenvalue weighted by atomic mass is 10.3. The van der Waals surface area contributed by atoms with Crippen LogP contribution in [0, 0.1) is 0 Å². The number of nitrogens with one attached hydrogen (secondary N) is 2. The second kappa shape index (κ2) is 10.2. The number of aliphatic imine (C=N–C) groups is 1. The van der Waals surface area contributed by atoms with E-state index in [1.165, 1.54) is 5.38 Å². The van der Waals surface area contributed by atoms with Crippen molar-refractivity contribution in [2.75, 3.05) is 19.7 Å². The Morgan fingerprint density at radius 3 is 2.62 bits per heavy atom. The minimum absolute atomic E-state index is 0.0828. The highest BCUT2D eigenvalue weighted by atomic mass is 32.1. The number of hydrogen-bond acceptors (Lipinski definition) is 7. The van der Waals surface area contributed by atoms with Gasteiger partial charge in [0.25, 0.3) is 5.91 Å². The number of aromatic nitrogens is 1. The zero-order valence-electron chi connectivity index (χ0n) is 13.2. The van der Waals surface area contributed by atoms with E-state index in [1.807, 2.05) is 0 Å². The highest BCUT2D eigenvalue weighted by Gasteiger charge is 2.11. The topological polar surface area (TPSA) is 162 Å². The van der Waals surface area contributed by atoms with Crippen LogP contribution in [-0.4, -0.2) is 48.4 Å². The minimum Gasteiger partial charge on any atom is -0.466 e. The van der Waals surface area contributed by atoms with E-state index < -0.39 is 5.91 Å². The van der Waals surface area contributed by atoms with Crippen molar-refractivity contribution in [2.24, 2.45) is 16.5 Å². The summed E-state index contributed by atoms with van der Waals surface area (Å²) in [7, 11) is 0. The molecule has 0 aliphatic carbocycles. The molecule has 1 aromatic heterocycles. The molecule has 0 saturated carbocycles. The van der Waals surface area contributed by atoms with E-state index in [2.05, 4.69) is 20.6 Å². The molecule has 1 aromatic rings. The fourth-order valence-electron chi connectivity index (χ4n) is 1.54. The highest BCUT2D eigenvalue weighted by Crippen LogP contribution is 2.18. The van der Waals surface area contributed by atoms with Gasteiger partial charge in [-0.1, -0.05) is 0 Å². The number of amides is 2. The first-order valence-corrected chi connectivity index (χ1v) is 8.06. The molecule has 0 radical (unpaired) electrons. The molecule has 0 aliphatic heterocycles. The third-order valence-electron chi connectivity index (χ3n) is 2.54. The van der Waals surface area contributed by atoms with Crippen LogP contribution in [0.2, 0.25) is 0 Å². The van der Waals surface area contributed by atoms with E-state index >= 15 is 0 Å². The number of nitrogens with two attached hydrogens (primary N) is 2. The average Bonchev–Trinajstić information content (AvgIpc) is 2.95. The molecule has 132 valence electrons. The summed E-state index contributed by atoms with van der Waals surface area (Å²) in [6.45, 7) is 2.35. The normalized spacial score (nSPS) is 9.88. The molecule has 2 amide bonds. The monoisotopic (exact) mass is 356 g/mol. The zero-order valence-corrected chi connectivity index (χ0v) is 14.0. The van der Waals surface area contributed by atoms with Gasteiger partial charge in [0.1, 0.15) is 5.69 Å². The van der Waals surface area contributed by atoms with E-state index in [-0.39, 0.29) is 54.6 Å². The molecule has 6 N–H and O–H groups in total. The molecule has 1 rings (SSSR count). The van der Waals surface area contributed by atoms with Gasteiger partial charge in [-0.3, -0.25) is 14.4 Å². The Kier molecular flexibility index (Phi) is 8.19. The molecule has 24 heavy (non-hydrogen) atoms. The number of ether oxygens (including phenoxy) is 1. The first kappa shape index (κ1) is 19.4. The average molecular weight is 356 g/mol. The van der Waals surface area contributed by atoms with Crippen molar-refractivity contribution in [3.8, 4) is 0 Å². The van der Waals surface area contributed by atoms with Crippen molar-refractivity contribution < 1.29 is 19.1 Å². The van der Waals surface area contributed by atoms with Crippen LogP contribution in [0.25, 0.3) is 0 Å². The Balaban J connectivity index is 2.25. The molecule has 11 heteroatoms. The lowest BCUT2D eigenvalue weighted by molar-refractivity contribution is -0.143. The molecular weight excluding hydrogens is 336 g/mol. The quantitative estimate of drug-likeness (QED) is 0.257. The summed E-state index contributed by atoms with van der Waals surface area (Å²) in [4.78, 5) is 42.1. The summed E-state index contributed by atoms with van der Waals surface area (Å²) < 4.78 is 4.73. The Labute approximate surface area is 142 Å². The lowest BCUT2D eigenvalue weighted by Gasteiger charge is -2.06. The number of esters is 1. The molecular formula is C13H20N6O4S. The number of hydrogen-bond donors (Lipinski definition) is 4. The van der Waals surface area contributed by atoms with Crippen LogP contribution in [0.3, 0.4) is 0 Å². The van der Waals surface area contributed by atoms with Gasteiger partial charge in [0, 0.05) is 24.9 Å². The number of thiazole rings is 1. The van der Waals surface area contributed by atoms with Crippen molar-refractivity contribution in [1.29, 1.82) is 0 Å². The second-order valence-electron chi connectivity index (χ2n) is 4.46. The highest BCUT2D eigenvalue weighted by molar-refractivity contribution is 7.13. The third-order valence-corrected chi connectivity index (χ3v) is 3.28. The van der Waals surface area contributed by atoms with Crippen LogP contribution < -0.4 is 22.1 Å². The van der Waals surface area contributed by atoms with Crippen molar-refractivity contribution in [1.82, 2.24) is 15.6 Å². The first-order valence-electron chi connectivity index (χ1n) is 7.18. The Bertz CT molecular complexity index is 611. The molecule has 0 fully saturated rings. The van der Waals surface area contributed by atoms with Crippen LogP contribution in [-0.2, 0) is 14.3 Å². The van der Waals surface area contributed by atoms with E-state index in [4.69, 9.17) is 16.2 Å². The second-order valence-corrected chi connectivity index (χ2v) is 5.30. The summed E-state index contributed by atoms with van der Waals surface area (Å²) in [5, 5.41) is 6.90. The number of guanidine groups is 1. The van der Waals surface area contributed by atoms with Gasteiger partial charge in [-0.25, -0.2) is 4.98 Å². The molecule has 0 unspecified atom stereocenters. The van der Waals surface area contributed by atoms with Gasteiger partial charge in [0.05, 0.1) is 13.0 Å². The van der Waals surface area contributed by atoms with Crippen molar-refractivity contribution in [3.63, 3.8) is 0 Å². The fourth-order valence-corrected chi connectivity index (χ4v) is 2.22. The predicted molar refractivity (Wildman–Crippen MR) is 88.8 cm³/mol. The summed E-state index contributed by atoms with van der Waals surface area (Å²) >= 11 is 1.12. The van der Waals surface area contributed by atoms with Crippen LogP contribution >= 0.6 is 11.3 Å². The minimum atomic E-state index is -0.428. The van der Waals surface area contributed by atoms with Crippen molar-refractivity contribution >= 4 is 40.2 Å². The predicted octanol–water partition coefficient (Wildman–Crippen LogP) is -0.763. The molecule has 0 saturated heterocycles. The molecule has 0 bridgehead atoms. The Hall–Kier alpha value is -2.69. The largest absolute Gasteiger partial charge is 0.466 e. The number of nitrogens with zero attached hydrogens (tertiary/aromatic N) is 2. The molecule has 0 atom stereocenters. The standard InChI is InChI=1S/C13H20N6O4S/c1-2-23-10(21)4-6-16-9(20)3-5-17-11(22)8-7-24-13(18-8)19-12(14)15/h7H,2-6H2,1H3,(H,16,20)(H,17,22)(H4,14,15,18,19). The van der Waals surface area contributed by atoms with E-state index in [0.29, 0.717) is 6.61 Å². The van der Waals surface area contributed by atoms with Crippen molar-refractivity contribution in [3.05, 3.63) is 11.1 Å². The smallest absolute Gasteiger partial charge is 0.307 e. The Morgan fingerprint density at radius 2 is 1.96 bits per heavy atom. The van der Waals surface area contributed by atoms with Gasteiger partial charge in [-0.2, -0.15) is 4.99 Å². The molecule has 10 nitrogen and oxygen atoms in total. The van der Waals surface area contributed by atoms with Gasteiger partial charge in [0.2, 0.25) is 11.0 Å².